The van der Waals surface area contributed by atoms with E-state index in [0.717, 1.165) is 35.4 Å². The van der Waals surface area contributed by atoms with Gasteiger partial charge in [-0.25, -0.2) is 4.98 Å². The van der Waals surface area contributed by atoms with Crippen LogP contribution in [0.3, 0.4) is 0 Å². The lowest BCUT2D eigenvalue weighted by Crippen LogP contribution is -2.23. The van der Waals surface area contributed by atoms with Crippen molar-refractivity contribution in [3.8, 4) is 23.0 Å². The molecule has 0 amide bonds. The van der Waals surface area contributed by atoms with Crippen molar-refractivity contribution in [2.24, 2.45) is 5.41 Å². The summed E-state index contributed by atoms with van der Waals surface area (Å²) in [6.07, 6.45) is 4.12. The Morgan fingerprint density at radius 2 is 2.03 bits per heavy atom. The summed E-state index contributed by atoms with van der Waals surface area (Å²) in [4.78, 5) is 7.23. The molecule has 0 aliphatic rings. The second-order valence-electron chi connectivity index (χ2n) is 8.36. The molecule has 1 aromatic carbocycles. The maximum atomic E-state index is 4.85. The first-order chi connectivity index (χ1) is 14.9. The molecule has 3 aromatic rings. The van der Waals surface area contributed by atoms with Crippen LogP contribution in [0.4, 0.5) is 0 Å². The molecule has 0 saturated carbocycles. The third-order valence-electron chi connectivity index (χ3n) is 4.52. The molecule has 0 spiro atoms. The topological polar surface area (TPSA) is 16.1 Å². The van der Waals surface area contributed by atoms with E-state index in [0.29, 0.717) is 0 Å². The van der Waals surface area contributed by atoms with Gasteiger partial charge >= 0.3 is 0 Å². The van der Waals surface area contributed by atoms with E-state index in [2.05, 4.69) is 97.0 Å². The number of aromatic nitrogens is 1. The molecule has 162 valence electrons. The predicted molar refractivity (Wildman–Crippen MR) is 139 cm³/mol. The second kappa shape index (κ2) is 11.7. The number of hydrogen-bond acceptors (Lipinski definition) is 5. The van der Waals surface area contributed by atoms with Gasteiger partial charge < -0.3 is 0 Å². The Bertz CT molecular complexity index is 1030. The van der Waals surface area contributed by atoms with Gasteiger partial charge in [-0.2, -0.15) is 11.3 Å². The zero-order valence-electron chi connectivity index (χ0n) is 18.7. The van der Waals surface area contributed by atoms with Crippen LogP contribution in [0.15, 0.2) is 63.0 Å². The van der Waals surface area contributed by atoms with Crippen LogP contribution in [0.25, 0.3) is 11.1 Å². The van der Waals surface area contributed by atoms with Gasteiger partial charge in [0.2, 0.25) is 0 Å². The normalized spacial score (nSPS) is 11.8. The first-order valence-corrected chi connectivity index (χ1v) is 13.3. The monoisotopic (exact) mass is 466 g/mol. The number of benzene rings is 1. The highest BCUT2D eigenvalue weighted by molar-refractivity contribution is 8.00. The van der Waals surface area contributed by atoms with E-state index in [9.17, 15) is 0 Å². The summed E-state index contributed by atoms with van der Waals surface area (Å²) in [7, 11) is 0. The SMILES string of the molecule is CCN(C/C=C/C#CC(C)(C)C)Cc1csc(SCc2cccc(-c3ccsc3)c2)n1. The number of thioether (sulfide) groups is 1. The summed E-state index contributed by atoms with van der Waals surface area (Å²) in [6, 6.07) is 11.0. The van der Waals surface area contributed by atoms with Crippen LogP contribution >= 0.6 is 34.4 Å². The van der Waals surface area contributed by atoms with Crippen LogP contribution in [0.5, 0.6) is 0 Å². The molecule has 0 saturated heterocycles. The average molecular weight is 467 g/mol. The smallest absolute Gasteiger partial charge is 0.150 e. The van der Waals surface area contributed by atoms with Crippen molar-refractivity contribution in [3.63, 3.8) is 0 Å². The van der Waals surface area contributed by atoms with E-state index in [-0.39, 0.29) is 5.41 Å². The maximum absolute atomic E-state index is 4.85. The Kier molecular flexibility index (Phi) is 8.98. The maximum Gasteiger partial charge on any atom is 0.150 e. The molecule has 31 heavy (non-hydrogen) atoms. The van der Waals surface area contributed by atoms with Crippen LogP contribution in [0.2, 0.25) is 0 Å². The number of allylic oxidation sites excluding steroid dienone is 1. The number of likely N-dealkylation sites (N-methyl/N-ethyl adjacent to an activating group) is 1. The van der Waals surface area contributed by atoms with E-state index < -0.39 is 0 Å². The van der Waals surface area contributed by atoms with Crippen LogP contribution < -0.4 is 0 Å². The van der Waals surface area contributed by atoms with Gasteiger partial charge in [-0.1, -0.05) is 60.9 Å². The van der Waals surface area contributed by atoms with E-state index in [4.69, 9.17) is 4.98 Å². The molecule has 0 aliphatic heterocycles. The Balaban J connectivity index is 1.51. The Hall–Kier alpha value is -1.84. The van der Waals surface area contributed by atoms with Crippen molar-refractivity contribution in [3.05, 3.63) is 69.9 Å². The van der Waals surface area contributed by atoms with Gasteiger partial charge in [-0.05, 0) is 66.9 Å². The van der Waals surface area contributed by atoms with Gasteiger partial charge in [-0.15, -0.1) is 11.3 Å². The minimum atomic E-state index is 0.0503. The lowest BCUT2D eigenvalue weighted by atomic mass is 9.98. The molecule has 2 heterocycles. The lowest BCUT2D eigenvalue weighted by Gasteiger charge is -2.16. The standard InChI is InChI=1S/C26H30N2S3/c1-5-28(14-8-6-7-13-26(2,3)4)17-24-20-31-25(27-24)30-18-21-10-9-11-22(16-21)23-12-15-29-19-23/h6,8-12,15-16,19-20H,5,14,17-18H2,1-4H3/b8-6+. The summed E-state index contributed by atoms with van der Waals surface area (Å²) in [5.41, 5.74) is 5.12. The fourth-order valence-electron chi connectivity index (χ4n) is 2.90. The molecule has 0 atom stereocenters. The minimum absolute atomic E-state index is 0.0503. The highest BCUT2D eigenvalue weighted by atomic mass is 32.2. The number of nitrogens with zero attached hydrogens (tertiary/aromatic N) is 2. The number of thiazole rings is 1. The molecule has 3 rings (SSSR count). The van der Waals surface area contributed by atoms with Gasteiger partial charge in [0.05, 0.1) is 5.69 Å². The minimum Gasteiger partial charge on any atom is -0.294 e. The summed E-state index contributed by atoms with van der Waals surface area (Å²) >= 11 is 5.30. The number of hydrogen-bond donors (Lipinski definition) is 0. The molecule has 2 nitrogen and oxygen atoms in total. The Morgan fingerprint density at radius 1 is 1.16 bits per heavy atom. The Morgan fingerprint density at radius 3 is 2.77 bits per heavy atom. The first kappa shape index (κ1) is 23.8. The van der Waals surface area contributed by atoms with Crippen molar-refractivity contribution in [2.45, 2.75) is 44.3 Å². The molecule has 0 radical (unpaired) electrons. The highest BCUT2D eigenvalue weighted by Crippen LogP contribution is 2.29. The van der Waals surface area contributed by atoms with E-state index in [1.165, 1.54) is 16.7 Å². The summed E-state index contributed by atoms with van der Waals surface area (Å²) in [5, 5.41) is 6.52. The number of thiophene rings is 1. The third kappa shape index (κ3) is 8.31. The zero-order valence-corrected chi connectivity index (χ0v) is 21.2. The van der Waals surface area contributed by atoms with E-state index in [1.807, 2.05) is 17.8 Å². The van der Waals surface area contributed by atoms with Gasteiger partial charge in [0.15, 0.2) is 0 Å². The van der Waals surface area contributed by atoms with E-state index >= 15 is 0 Å². The first-order valence-electron chi connectivity index (χ1n) is 10.5. The van der Waals surface area contributed by atoms with Crippen molar-refractivity contribution in [2.75, 3.05) is 13.1 Å². The van der Waals surface area contributed by atoms with Crippen molar-refractivity contribution in [1.29, 1.82) is 0 Å². The molecule has 0 aliphatic carbocycles. The van der Waals surface area contributed by atoms with Gasteiger partial charge in [0.1, 0.15) is 4.34 Å². The Labute approximate surface area is 199 Å². The fourth-order valence-corrected chi connectivity index (χ4v) is 5.34. The largest absolute Gasteiger partial charge is 0.294 e. The van der Waals surface area contributed by atoms with Gasteiger partial charge in [0, 0.05) is 29.6 Å². The van der Waals surface area contributed by atoms with Crippen LogP contribution in [-0.2, 0) is 12.3 Å². The predicted octanol–water partition coefficient (Wildman–Crippen LogP) is 7.59. The molecular weight excluding hydrogens is 437 g/mol. The van der Waals surface area contributed by atoms with Crippen molar-refractivity contribution < 1.29 is 0 Å². The average Bonchev–Trinajstić information content (AvgIpc) is 3.43. The van der Waals surface area contributed by atoms with Crippen molar-refractivity contribution in [1.82, 2.24) is 9.88 Å². The zero-order chi connectivity index (χ0) is 22.1. The molecular formula is C26H30N2S3. The molecule has 2 aromatic heterocycles. The molecule has 0 unspecified atom stereocenters. The van der Waals surface area contributed by atoms with Crippen LogP contribution in [0.1, 0.15) is 39.0 Å². The summed E-state index contributed by atoms with van der Waals surface area (Å²) in [5.74, 6) is 7.32. The number of rotatable bonds is 9. The highest BCUT2D eigenvalue weighted by Gasteiger charge is 2.08. The third-order valence-corrected chi connectivity index (χ3v) is 7.34. The van der Waals surface area contributed by atoms with Gasteiger partial charge in [-0.3, -0.25) is 4.90 Å². The molecule has 0 bridgehead atoms. The quantitative estimate of drug-likeness (QED) is 0.239. The molecule has 0 N–H and O–H groups in total. The second-order valence-corrected chi connectivity index (χ2v) is 11.2. The van der Waals surface area contributed by atoms with Crippen molar-refractivity contribution >= 4 is 34.4 Å². The summed E-state index contributed by atoms with van der Waals surface area (Å²) in [6.45, 7) is 11.3. The summed E-state index contributed by atoms with van der Waals surface area (Å²) < 4.78 is 1.14. The fraction of sp³-hybridized carbons (Fsp3) is 0.346. The van der Waals surface area contributed by atoms with Crippen LogP contribution in [-0.4, -0.2) is 23.0 Å². The molecule has 0 fully saturated rings. The van der Waals surface area contributed by atoms with Gasteiger partial charge in [0.25, 0.3) is 0 Å². The van der Waals surface area contributed by atoms with E-state index in [1.54, 1.807) is 22.7 Å². The lowest BCUT2D eigenvalue weighted by molar-refractivity contribution is 0.307. The molecule has 5 heteroatoms. The van der Waals surface area contributed by atoms with Crippen LogP contribution in [0, 0.1) is 17.3 Å².